The third-order valence-electron chi connectivity index (χ3n) is 8.48. The SMILES string of the molecule is C=CC/C=C(/O[Si](C)(C)C)[C@@]1(CCC#N)CCC([C@@H]2COC(C)(C)O2)=C(C)[C@H]1CO[Si](CC)(CC)CC. The number of allylic oxidation sites excluding steroid dienone is 3. The van der Waals surface area contributed by atoms with Crippen molar-refractivity contribution in [3.63, 3.8) is 0 Å². The van der Waals surface area contributed by atoms with Crippen molar-refractivity contribution < 1.29 is 18.3 Å². The fourth-order valence-electron chi connectivity index (χ4n) is 6.10. The lowest BCUT2D eigenvalue weighted by Crippen LogP contribution is -2.46. The molecule has 2 aliphatic rings. The van der Waals surface area contributed by atoms with Crippen molar-refractivity contribution in [3.05, 3.63) is 35.6 Å². The predicted molar refractivity (Wildman–Crippen MR) is 158 cm³/mol. The van der Waals surface area contributed by atoms with Crippen molar-refractivity contribution in [3.8, 4) is 6.07 Å². The molecule has 1 saturated heterocycles. The summed E-state index contributed by atoms with van der Waals surface area (Å²) >= 11 is 0. The van der Waals surface area contributed by atoms with Gasteiger partial charge in [0.05, 0.1) is 18.4 Å². The van der Waals surface area contributed by atoms with Crippen molar-refractivity contribution >= 4 is 16.6 Å². The smallest absolute Gasteiger partial charge is 0.241 e. The summed E-state index contributed by atoms with van der Waals surface area (Å²) in [6.07, 6.45) is 7.98. The molecule has 1 aliphatic carbocycles. The zero-order valence-corrected chi connectivity index (χ0v) is 27.2. The van der Waals surface area contributed by atoms with Crippen LogP contribution in [0.2, 0.25) is 37.8 Å². The molecule has 0 aromatic carbocycles. The lowest BCUT2D eigenvalue weighted by Gasteiger charge is -2.49. The van der Waals surface area contributed by atoms with Gasteiger partial charge in [-0.3, -0.25) is 0 Å². The van der Waals surface area contributed by atoms with Gasteiger partial charge in [-0.2, -0.15) is 5.26 Å². The number of rotatable bonds is 14. The molecule has 0 bridgehead atoms. The van der Waals surface area contributed by atoms with E-state index in [1.165, 1.54) is 11.1 Å². The van der Waals surface area contributed by atoms with Gasteiger partial charge in [-0.15, -0.1) is 6.58 Å². The van der Waals surface area contributed by atoms with E-state index < -0.39 is 22.4 Å². The van der Waals surface area contributed by atoms with E-state index in [0.29, 0.717) is 19.6 Å². The molecule has 0 spiro atoms. The van der Waals surface area contributed by atoms with Crippen LogP contribution in [0.3, 0.4) is 0 Å². The van der Waals surface area contributed by atoms with Gasteiger partial charge < -0.3 is 18.3 Å². The molecule has 1 fully saturated rings. The molecule has 0 aromatic heterocycles. The van der Waals surface area contributed by atoms with E-state index in [2.05, 4.69) is 66.1 Å². The van der Waals surface area contributed by atoms with E-state index in [1.54, 1.807) is 0 Å². The highest BCUT2D eigenvalue weighted by molar-refractivity contribution is 6.73. The first kappa shape index (κ1) is 32.0. The van der Waals surface area contributed by atoms with Crippen molar-refractivity contribution in [2.24, 2.45) is 11.3 Å². The van der Waals surface area contributed by atoms with E-state index in [0.717, 1.165) is 49.6 Å². The first-order valence-electron chi connectivity index (χ1n) is 14.3. The molecule has 0 aromatic rings. The summed E-state index contributed by atoms with van der Waals surface area (Å²) in [5, 5.41) is 9.72. The molecule has 2 rings (SSSR count). The molecule has 0 unspecified atom stereocenters. The highest BCUT2D eigenvalue weighted by Crippen LogP contribution is 2.54. The Hall–Kier alpha value is -1.18. The Morgan fingerprint density at radius 1 is 1.19 bits per heavy atom. The monoisotopic (exact) mass is 547 g/mol. The second-order valence-electron chi connectivity index (χ2n) is 12.3. The minimum absolute atomic E-state index is 0.0319. The third-order valence-corrected chi connectivity index (χ3v) is 14.0. The van der Waals surface area contributed by atoms with Crippen LogP contribution in [-0.2, 0) is 18.3 Å². The Balaban J connectivity index is 2.67. The number of nitriles is 1. The van der Waals surface area contributed by atoms with Gasteiger partial charge in [-0.25, -0.2) is 0 Å². The van der Waals surface area contributed by atoms with E-state index >= 15 is 0 Å². The number of ether oxygens (including phenoxy) is 2. The Labute approximate surface area is 229 Å². The van der Waals surface area contributed by atoms with Crippen LogP contribution in [0.25, 0.3) is 0 Å². The fraction of sp³-hybridized carbons (Fsp3) is 0.767. The fourth-order valence-corrected chi connectivity index (χ4v) is 9.68. The van der Waals surface area contributed by atoms with Crippen molar-refractivity contribution in [1.82, 2.24) is 0 Å². The largest absolute Gasteiger partial charge is 0.547 e. The molecule has 0 saturated carbocycles. The van der Waals surface area contributed by atoms with Gasteiger partial charge in [0.25, 0.3) is 0 Å². The maximum atomic E-state index is 9.72. The molecule has 1 heterocycles. The van der Waals surface area contributed by atoms with Gasteiger partial charge >= 0.3 is 0 Å². The molecule has 5 nitrogen and oxygen atoms in total. The van der Waals surface area contributed by atoms with Crippen LogP contribution in [0.5, 0.6) is 0 Å². The molecule has 0 amide bonds. The Kier molecular flexibility index (Phi) is 11.5. The summed E-state index contributed by atoms with van der Waals surface area (Å²) in [6, 6.07) is 5.80. The molecular formula is C30H53NO4Si2. The Bertz CT molecular complexity index is 871. The second-order valence-corrected chi connectivity index (χ2v) is 21.5. The molecule has 3 atom stereocenters. The zero-order chi connectivity index (χ0) is 27.9. The summed E-state index contributed by atoms with van der Waals surface area (Å²) in [6.45, 7) is 25.0. The molecular weight excluding hydrogens is 495 g/mol. The van der Waals surface area contributed by atoms with Crippen molar-refractivity contribution in [2.75, 3.05) is 13.2 Å². The first-order valence-corrected chi connectivity index (χ1v) is 20.3. The van der Waals surface area contributed by atoms with Gasteiger partial charge in [-0.1, -0.05) is 32.4 Å². The lowest BCUT2D eigenvalue weighted by atomic mass is 9.60. The quantitative estimate of drug-likeness (QED) is 0.124. The number of hydrogen-bond donors (Lipinski definition) is 0. The highest BCUT2D eigenvalue weighted by atomic mass is 28.4. The Morgan fingerprint density at radius 3 is 2.32 bits per heavy atom. The van der Waals surface area contributed by atoms with Crippen LogP contribution < -0.4 is 0 Å². The van der Waals surface area contributed by atoms with Crippen LogP contribution in [0.1, 0.15) is 73.6 Å². The van der Waals surface area contributed by atoms with Gasteiger partial charge in [0, 0.05) is 24.4 Å². The second kappa shape index (κ2) is 13.3. The van der Waals surface area contributed by atoms with E-state index in [-0.39, 0.29) is 17.4 Å². The average molecular weight is 548 g/mol. The maximum Gasteiger partial charge on any atom is 0.241 e. The summed E-state index contributed by atoms with van der Waals surface area (Å²) in [5.74, 6) is 0.611. The minimum atomic E-state index is -1.91. The van der Waals surface area contributed by atoms with Crippen LogP contribution in [0.4, 0.5) is 0 Å². The average Bonchev–Trinajstić information content (AvgIpc) is 3.21. The van der Waals surface area contributed by atoms with Gasteiger partial charge in [0.1, 0.15) is 6.10 Å². The molecule has 0 N–H and O–H groups in total. The van der Waals surface area contributed by atoms with Gasteiger partial charge in [0.2, 0.25) is 8.32 Å². The van der Waals surface area contributed by atoms with Gasteiger partial charge in [0.15, 0.2) is 14.1 Å². The van der Waals surface area contributed by atoms with Crippen molar-refractivity contribution in [2.45, 2.75) is 123 Å². The first-order chi connectivity index (χ1) is 17.3. The topological polar surface area (TPSA) is 60.7 Å². The number of nitrogens with zero attached hydrogens (tertiary/aromatic N) is 1. The summed E-state index contributed by atoms with van der Waals surface area (Å²) in [7, 11) is -3.73. The van der Waals surface area contributed by atoms with Crippen LogP contribution in [0, 0.1) is 22.7 Å². The Morgan fingerprint density at radius 2 is 1.84 bits per heavy atom. The molecule has 7 heteroatoms. The minimum Gasteiger partial charge on any atom is -0.547 e. The standard InChI is InChI=1S/C30H53NO4Si2/c1-11-15-17-28(35-36(8,9)10)30(19-16-21-31)20-18-25(27-23-32-29(6,7)34-27)24(5)26(30)22-33-37(12-2,13-3)14-4/h11,17,26-27H,1,12-16,18-20,22-23H2,2-10H3/b28-17+/t26-,27+,30+/m1/s1. The van der Waals surface area contributed by atoms with Gasteiger partial charge in [-0.05, 0) is 95.9 Å². The normalized spacial score (nSPS) is 26.8. The van der Waals surface area contributed by atoms with E-state index in [9.17, 15) is 5.26 Å². The summed E-state index contributed by atoms with van der Waals surface area (Å²) in [4.78, 5) is 0. The maximum absolute atomic E-state index is 9.72. The van der Waals surface area contributed by atoms with Crippen LogP contribution in [0.15, 0.2) is 35.6 Å². The van der Waals surface area contributed by atoms with E-state index in [1.807, 2.05) is 19.9 Å². The molecule has 1 aliphatic heterocycles. The van der Waals surface area contributed by atoms with Crippen LogP contribution >= 0.6 is 0 Å². The molecule has 210 valence electrons. The zero-order valence-electron chi connectivity index (χ0n) is 25.2. The van der Waals surface area contributed by atoms with Crippen LogP contribution in [-0.4, -0.2) is 41.7 Å². The highest BCUT2D eigenvalue weighted by Gasteiger charge is 2.50. The molecule has 37 heavy (non-hydrogen) atoms. The lowest BCUT2D eigenvalue weighted by molar-refractivity contribution is -0.135. The third kappa shape index (κ3) is 7.92. The number of hydrogen-bond acceptors (Lipinski definition) is 5. The van der Waals surface area contributed by atoms with E-state index in [4.69, 9.17) is 18.3 Å². The predicted octanol–water partition coefficient (Wildman–Crippen LogP) is 8.49. The molecule has 0 radical (unpaired) electrons. The van der Waals surface area contributed by atoms with Crippen molar-refractivity contribution in [1.29, 1.82) is 5.26 Å². The summed E-state index contributed by atoms with van der Waals surface area (Å²) < 4.78 is 26.2. The summed E-state index contributed by atoms with van der Waals surface area (Å²) in [5.41, 5.74) is 2.40.